The average molecular weight is 668 g/mol. The Morgan fingerprint density at radius 2 is 0.833 bits per heavy atom. The minimum absolute atomic E-state index is 0.167. The van der Waals surface area contributed by atoms with Crippen molar-refractivity contribution in [1.29, 1.82) is 0 Å². The van der Waals surface area contributed by atoms with Gasteiger partial charge in [-0.1, -0.05) is 128 Å². The SMILES string of the molecule is CC(C)CCS(C)(=O)=O.CC(C)CCS(C)(=O)=O.CCS(=O)(=O)CCC(C)C.[2H]C(CC)C([2H])C(C)C.[2H]C(CCC)C(C)C. The molecule has 6 nitrogen and oxygen atoms in total. The molecule has 3 unspecified atom stereocenters. The summed E-state index contributed by atoms with van der Waals surface area (Å²) in [7, 11) is -8.15. The van der Waals surface area contributed by atoms with Crippen molar-refractivity contribution in [1.82, 2.24) is 0 Å². The molecule has 0 aromatic heterocycles. The zero-order valence-electron chi connectivity index (χ0n) is 33.4. The lowest BCUT2D eigenvalue weighted by molar-refractivity contribution is 0.550. The van der Waals surface area contributed by atoms with Crippen molar-refractivity contribution in [3.05, 3.63) is 0 Å². The fourth-order valence-electron chi connectivity index (χ4n) is 2.37. The van der Waals surface area contributed by atoms with Crippen LogP contribution in [0, 0.1) is 29.6 Å². The Bertz CT molecular complexity index is 924. The molecular weight excluding hydrogens is 589 g/mol. The fourth-order valence-corrected chi connectivity index (χ4v) is 5.29. The van der Waals surface area contributed by atoms with Crippen molar-refractivity contribution in [3.63, 3.8) is 0 Å². The summed E-state index contributed by atoms with van der Waals surface area (Å²) in [5, 5.41) is 0. The molecule has 0 radical (unpaired) electrons. The van der Waals surface area contributed by atoms with Crippen LogP contribution in [0.15, 0.2) is 0 Å². The Hall–Kier alpha value is -0.150. The lowest BCUT2D eigenvalue weighted by Crippen LogP contribution is -2.10. The van der Waals surface area contributed by atoms with E-state index in [9.17, 15) is 25.3 Å². The second-order valence-corrected chi connectivity index (χ2v) is 19.9. The molecule has 42 heavy (non-hydrogen) atoms. The molecular formula is C33H76O6S3. The average Bonchev–Trinajstić information content (AvgIpc) is 2.89. The maximum atomic E-state index is 10.9. The number of hydrogen-bond acceptors (Lipinski definition) is 6. The summed E-state index contributed by atoms with van der Waals surface area (Å²) in [6, 6.07) is 0. The summed E-state index contributed by atoms with van der Waals surface area (Å²) < 4.78 is 86.2. The zero-order chi connectivity index (χ0) is 37.2. The van der Waals surface area contributed by atoms with Gasteiger partial charge < -0.3 is 0 Å². The minimum Gasteiger partial charge on any atom is -0.229 e. The summed E-state index contributed by atoms with van der Waals surface area (Å²) in [6.07, 6.45) is 7.66. The number of rotatable bonds is 16. The molecule has 0 saturated carbocycles. The normalized spacial score (nSPS) is 15.0. The molecule has 0 aromatic rings. The zero-order valence-corrected chi connectivity index (χ0v) is 32.8. The molecule has 3 atom stereocenters. The number of hydrogen-bond donors (Lipinski definition) is 0. The highest BCUT2D eigenvalue weighted by atomic mass is 32.2. The molecule has 0 fully saturated rings. The quantitative estimate of drug-likeness (QED) is 0.163. The van der Waals surface area contributed by atoms with Crippen molar-refractivity contribution >= 4 is 29.5 Å². The predicted octanol–water partition coefficient (Wildman–Crippen LogP) is 9.29. The van der Waals surface area contributed by atoms with Gasteiger partial charge in [0.2, 0.25) is 0 Å². The molecule has 0 spiro atoms. The third-order valence-electron chi connectivity index (χ3n) is 5.26. The van der Waals surface area contributed by atoms with Crippen molar-refractivity contribution in [2.75, 3.05) is 35.5 Å². The third-order valence-corrected chi connectivity index (χ3v) is 8.95. The van der Waals surface area contributed by atoms with Gasteiger partial charge in [0.1, 0.15) is 29.5 Å². The van der Waals surface area contributed by atoms with Crippen LogP contribution in [0.4, 0.5) is 0 Å². The van der Waals surface area contributed by atoms with Gasteiger partial charge in [0.15, 0.2) is 0 Å². The first-order valence-corrected chi connectivity index (χ1v) is 21.8. The van der Waals surface area contributed by atoms with Gasteiger partial charge in [-0.2, -0.15) is 0 Å². The van der Waals surface area contributed by atoms with Gasteiger partial charge in [-0.25, -0.2) is 25.3 Å². The Labute approximate surface area is 271 Å². The summed E-state index contributed by atoms with van der Waals surface area (Å²) in [5.41, 5.74) is 0. The molecule has 0 bridgehead atoms. The highest BCUT2D eigenvalue weighted by Crippen LogP contribution is 2.05. The van der Waals surface area contributed by atoms with Gasteiger partial charge in [-0.15, -0.1) is 0 Å². The molecule has 0 aliphatic carbocycles. The fraction of sp³-hybridized carbons (Fsp3) is 1.00. The molecule has 0 rings (SSSR count). The lowest BCUT2D eigenvalue weighted by Gasteiger charge is -2.02. The monoisotopic (exact) mass is 667 g/mol. The molecule has 0 N–H and O–H groups in total. The second kappa shape index (κ2) is 30.9. The largest absolute Gasteiger partial charge is 0.229 e. The van der Waals surface area contributed by atoms with E-state index in [1.165, 1.54) is 12.5 Å². The van der Waals surface area contributed by atoms with Gasteiger partial charge in [-0.3, -0.25) is 0 Å². The van der Waals surface area contributed by atoms with Crippen LogP contribution in [0.1, 0.15) is 152 Å². The highest BCUT2D eigenvalue weighted by molar-refractivity contribution is 7.91. The molecule has 0 aromatic carbocycles. The summed E-state index contributed by atoms with van der Waals surface area (Å²) >= 11 is 0. The maximum absolute atomic E-state index is 10.9. The van der Waals surface area contributed by atoms with Crippen LogP contribution in [-0.2, 0) is 29.5 Å². The maximum Gasteiger partial charge on any atom is 0.150 e. The van der Waals surface area contributed by atoms with Crippen molar-refractivity contribution in [2.24, 2.45) is 29.6 Å². The van der Waals surface area contributed by atoms with E-state index in [2.05, 4.69) is 20.8 Å². The predicted molar refractivity (Wildman–Crippen MR) is 191 cm³/mol. The van der Waals surface area contributed by atoms with Crippen LogP contribution in [-0.4, -0.2) is 60.8 Å². The third kappa shape index (κ3) is 72.3. The lowest BCUT2D eigenvalue weighted by atomic mass is 10.1. The van der Waals surface area contributed by atoms with Crippen molar-refractivity contribution in [3.8, 4) is 0 Å². The Kier molecular flexibility index (Phi) is 32.3. The first kappa shape index (κ1) is 44.0. The smallest absolute Gasteiger partial charge is 0.150 e. The van der Waals surface area contributed by atoms with Gasteiger partial charge in [0.05, 0.1) is 17.3 Å². The first-order valence-electron chi connectivity index (χ1n) is 17.6. The van der Waals surface area contributed by atoms with Gasteiger partial charge in [0, 0.05) is 22.4 Å². The first-order chi connectivity index (χ1) is 20.1. The molecule has 9 heteroatoms. The van der Waals surface area contributed by atoms with E-state index in [1.807, 2.05) is 62.3 Å². The van der Waals surface area contributed by atoms with Crippen LogP contribution in [0.25, 0.3) is 0 Å². The van der Waals surface area contributed by atoms with Gasteiger partial charge >= 0.3 is 0 Å². The van der Waals surface area contributed by atoms with Crippen LogP contribution >= 0.6 is 0 Å². The van der Waals surface area contributed by atoms with Crippen LogP contribution in [0.3, 0.4) is 0 Å². The van der Waals surface area contributed by atoms with Crippen LogP contribution < -0.4 is 0 Å². The van der Waals surface area contributed by atoms with E-state index >= 15 is 0 Å². The molecule has 262 valence electrons. The van der Waals surface area contributed by atoms with E-state index in [4.69, 9.17) is 4.11 Å². The Morgan fingerprint density at radius 1 is 0.500 bits per heavy atom. The van der Waals surface area contributed by atoms with E-state index in [1.54, 1.807) is 6.92 Å². The van der Waals surface area contributed by atoms with Crippen LogP contribution in [0.5, 0.6) is 0 Å². The summed E-state index contributed by atoms with van der Waals surface area (Å²) in [4.78, 5) is 0. The van der Waals surface area contributed by atoms with Crippen molar-refractivity contribution < 1.29 is 29.4 Å². The molecule has 0 saturated heterocycles. The van der Waals surface area contributed by atoms with E-state index < -0.39 is 29.5 Å². The van der Waals surface area contributed by atoms with Crippen molar-refractivity contribution in [2.45, 2.75) is 148 Å². The van der Waals surface area contributed by atoms with E-state index in [0.717, 1.165) is 38.5 Å². The number of sulfone groups is 3. The Balaban J connectivity index is -0.000000148. The van der Waals surface area contributed by atoms with Gasteiger partial charge in [0.25, 0.3) is 0 Å². The Morgan fingerprint density at radius 3 is 0.976 bits per heavy atom. The molecule has 0 amide bonds. The molecule has 0 aliphatic heterocycles. The van der Waals surface area contributed by atoms with Crippen LogP contribution in [0.2, 0.25) is 0 Å². The standard InChI is InChI=1S/C7H16O2S.2C7H16.2C6H14O2S/c1-4-10(8,9)6-5-7(2)3;2*1-4-5-6-7(2)3;2*1-6(2)4-5-9(3,7)8/h7H,4-6H2,1-3H3;2*7H,4-6H2,1-3H3;2*6H,4-5H2,1-3H3/i;5D,6D;6D;;. The van der Waals surface area contributed by atoms with Gasteiger partial charge in [-0.05, 0) is 48.9 Å². The highest BCUT2D eigenvalue weighted by Gasteiger charge is 2.07. The molecule has 0 aliphatic rings. The summed E-state index contributed by atoms with van der Waals surface area (Å²) in [6.45, 7) is 26.1. The molecule has 0 heterocycles. The summed E-state index contributed by atoms with van der Waals surface area (Å²) in [5.74, 6) is 3.60. The second-order valence-electron chi connectivity index (χ2n) is 12.9. The van der Waals surface area contributed by atoms with E-state index in [0.29, 0.717) is 46.8 Å². The minimum atomic E-state index is -2.72. The van der Waals surface area contributed by atoms with E-state index in [-0.39, 0.29) is 24.9 Å². The topological polar surface area (TPSA) is 102 Å².